The molecule has 0 unspecified atom stereocenters. The highest BCUT2D eigenvalue weighted by molar-refractivity contribution is 7.89. The van der Waals surface area contributed by atoms with Crippen molar-refractivity contribution in [3.8, 4) is 17.2 Å². The summed E-state index contributed by atoms with van der Waals surface area (Å²) in [5, 5.41) is 26.6. The zero-order valence-electron chi connectivity index (χ0n) is 27.1. The molecule has 0 aliphatic rings. The predicted octanol–water partition coefficient (Wildman–Crippen LogP) is 7.74. The number of azo groups is 1. The molecular formula is C34H35N5O8S2. The van der Waals surface area contributed by atoms with E-state index in [0.717, 1.165) is 5.69 Å². The van der Waals surface area contributed by atoms with E-state index < -0.39 is 30.8 Å². The molecule has 0 radical (unpaired) electrons. The number of benzene rings is 5. The summed E-state index contributed by atoms with van der Waals surface area (Å²) in [7, 11) is -5.68. The maximum Gasteiger partial charge on any atom is 0.296 e. The van der Waals surface area contributed by atoms with E-state index in [1.54, 1.807) is 32.0 Å². The minimum absolute atomic E-state index is 0.135. The molecule has 0 saturated heterocycles. The van der Waals surface area contributed by atoms with Crippen LogP contribution >= 0.6 is 0 Å². The molecule has 0 amide bonds. The van der Waals surface area contributed by atoms with Crippen molar-refractivity contribution < 1.29 is 36.0 Å². The molecule has 0 bridgehead atoms. The number of rotatable bonds is 13. The Hall–Kier alpha value is -5.22. The number of hydrogen-bond donors (Lipinski definition) is 4. The second kappa shape index (κ2) is 14.5. The zero-order valence-corrected chi connectivity index (χ0v) is 28.7. The number of aromatic hydroxyl groups is 1. The van der Waals surface area contributed by atoms with E-state index in [1.807, 2.05) is 30.3 Å². The lowest BCUT2D eigenvalue weighted by Gasteiger charge is -2.18. The maximum atomic E-state index is 12.8. The first kappa shape index (κ1) is 35.1. The maximum absolute atomic E-state index is 12.8. The Kier molecular flexibility index (Phi) is 10.4. The van der Waals surface area contributed by atoms with Gasteiger partial charge >= 0.3 is 0 Å². The van der Waals surface area contributed by atoms with Gasteiger partial charge < -0.3 is 25.2 Å². The van der Waals surface area contributed by atoms with E-state index in [-0.39, 0.29) is 33.5 Å². The van der Waals surface area contributed by atoms with Crippen LogP contribution in [-0.2, 0) is 20.1 Å². The molecule has 5 aromatic rings. The van der Waals surface area contributed by atoms with Crippen molar-refractivity contribution in [2.24, 2.45) is 10.2 Å². The molecule has 5 aromatic carbocycles. The average molecular weight is 706 g/mol. The molecule has 4 N–H and O–H groups in total. The van der Waals surface area contributed by atoms with Gasteiger partial charge in [0.05, 0.1) is 30.5 Å². The number of hydrogen-bond acceptors (Lipinski definition) is 11. The number of phenolic OH excluding ortho intramolecular Hbond substituents is 1. The standard InChI is InChI=1S/C34H35N5O8S2/c1-5-39(6-2)48(41,42)26-15-12-24(13-16-26)37-38-29-21-30(46-3)28(20-31(29)47-4)36-33-32(49(43,44)45)19-22-18-25(14-17-27(22)34(33)40)35-23-10-8-7-9-11-23/h7-21,35-36,40H,5-6H2,1-4H3,(H,43,44,45). The molecule has 256 valence electrons. The van der Waals surface area contributed by atoms with Gasteiger partial charge in [-0.25, -0.2) is 8.42 Å². The molecule has 0 heterocycles. The number of sulfonamides is 1. The van der Waals surface area contributed by atoms with Gasteiger partial charge in [0.2, 0.25) is 10.0 Å². The van der Waals surface area contributed by atoms with Gasteiger partial charge in [-0.15, -0.1) is 5.11 Å². The summed E-state index contributed by atoms with van der Waals surface area (Å²) in [4.78, 5) is -0.430. The molecule has 0 fully saturated rings. The summed E-state index contributed by atoms with van der Waals surface area (Å²) in [6.45, 7) is 4.23. The molecular weight excluding hydrogens is 671 g/mol. The molecule has 0 aliphatic heterocycles. The van der Waals surface area contributed by atoms with Gasteiger partial charge in [0.25, 0.3) is 10.1 Å². The highest BCUT2D eigenvalue weighted by atomic mass is 32.2. The van der Waals surface area contributed by atoms with E-state index in [9.17, 15) is 26.5 Å². The van der Waals surface area contributed by atoms with Gasteiger partial charge in [0.15, 0.2) is 0 Å². The van der Waals surface area contributed by atoms with Gasteiger partial charge in [-0.3, -0.25) is 4.55 Å². The highest BCUT2D eigenvalue weighted by Crippen LogP contribution is 2.45. The fourth-order valence-electron chi connectivity index (χ4n) is 5.15. The third kappa shape index (κ3) is 7.60. The van der Waals surface area contributed by atoms with E-state index in [2.05, 4.69) is 20.9 Å². The lowest BCUT2D eigenvalue weighted by molar-refractivity contribution is 0.405. The molecule has 49 heavy (non-hydrogen) atoms. The Bertz CT molecular complexity index is 2230. The first-order chi connectivity index (χ1) is 23.4. The second-order valence-corrected chi connectivity index (χ2v) is 14.0. The normalized spacial score (nSPS) is 12.0. The number of para-hydroxylation sites is 1. The molecule has 0 spiro atoms. The fraction of sp³-hybridized carbons (Fsp3) is 0.176. The van der Waals surface area contributed by atoms with Gasteiger partial charge in [0, 0.05) is 42.0 Å². The van der Waals surface area contributed by atoms with Gasteiger partial charge in [-0.2, -0.15) is 17.8 Å². The average Bonchev–Trinajstić information content (AvgIpc) is 3.09. The quantitative estimate of drug-likeness (QED) is 0.0538. The number of methoxy groups -OCH3 is 2. The van der Waals surface area contributed by atoms with Crippen LogP contribution in [0.3, 0.4) is 0 Å². The van der Waals surface area contributed by atoms with E-state index in [4.69, 9.17) is 9.47 Å². The fourth-order valence-corrected chi connectivity index (χ4v) is 7.29. The third-order valence-corrected chi connectivity index (χ3v) is 10.6. The van der Waals surface area contributed by atoms with Crippen LogP contribution in [0, 0.1) is 0 Å². The number of nitrogens with zero attached hydrogens (tertiary/aromatic N) is 3. The highest BCUT2D eigenvalue weighted by Gasteiger charge is 2.24. The summed E-state index contributed by atoms with van der Waals surface area (Å²) >= 11 is 0. The topological polar surface area (TPSA) is 179 Å². The summed E-state index contributed by atoms with van der Waals surface area (Å²) < 4.78 is 73.4. The van der Waals surface area contributed by atoms with Crippen molar-refractivity contribution in [3.63, 3.8) is 0 Å². The first-order valence-electron chi connectivity index (χ1n) is 15.0. The lowest BCUT2D eigenvalue weighted by atomic mass is 10.1. The van der Waals surface area contributed by atoms with Crippen LogP contribution in [0.2, 0.25) is 0 Å². The number of phenols is 1. The Labute approximate surface area is 284 Å². The molecule has 0 atom stereocenters. The SMILES string of the molecule is CCN(CC)S(=O)(=O)c1ccc(N=Nc2cc(OC)c(Nc3c(S(=O)(=O)O)cc4cc(Nc5ccccc5)ccc4c3O)cc2OC)cc1. The van der Waals surface area contributed by atoms with E-state index >= 15 is 0 Å². The monoisotopic (exact) mass is 705 g/mol. The van der Waals surface area contributed by atoms with Crippen LogP contribution < -0.4 is 20.1 Å². The minimum atomic E-state index is -4.83. The van der Waals surface area contributed by atoms with Crippen molar-refractivity contribution in [2.75, 3.05) is 37.9 Å². The summed E-state index contributed by atoms with van der Waals surface area (Å²) in [6, 6.07) is 24.5. The zero-order chi connectivity index (χ0) is 35.3. The van der Waals surface area contributed by atoms with Crippen LogP contribution in [-0.4, -0.2) is 58.1 Å². The molecule has 0 saturated carbocycles. The molecule has 0 aliphatic carbocycles. The molecule has 13 nitrogen and oxygen atoms in total. The van der Waals surface area contributed by atoms with Crippen LogP contribution in [0.4, 0.5) is 34.1 Å². The number of anilines is 4. The number of fused-ring (bicyclic) bond motifs is 1. The number of ether oxygens (including phenoxy) is 2. The molecule has 5 rings (SSSR count). The first-order valence-corrected chi connectivity index (χ1v) is 17.9. The van der Waals surface area contributed by atoms with Crippen LogP contribution in [0.1, 0.15) is 13.8 Å². The van der Waals surface area contributed by atoms with E-state index in [1.165, 1.54) is 61.0 Å². The van der Waals surface area contributed by atoms with Crippen molar-refractivity contribution in [1.82, 2.24) is 4.31 Å². The van der Waals surface area contributed by atoms with Crippen molar-refractivity contribution in [2.45, 2.75) is 23.6 Å². The van der Waals surface area contributed by atoms with Crippen molar-refractivity contribution >= 4 is 65.0 Å². The van der Waals surface area contributed by atoms with Gasteiger partial charge in [0.1, 0.15) is 33.5 Å². The second-order valence-electron chi connectivity index (χ2n) is 10.6. The largest absolute Gasteiger partial charge is 0.505 e. The Morgan fingerprint density at radius 3 is 2.04 bits per heavy atom. The predicted molar refractivity (Wildman–Crippen MR) is 189 cm³/mol. The third-order valence-electron chi connectivity index (χ3n) is 7.63. The summed E-state index contributed by atoms with van der Waals surface area (Å²) in [5.41, 5.74) is 1.96. The minimum Gasteiger partial charge on any atom is -0.505 e. The lowest BCUT2D eigenvalue weighted by Crippen LogP contribution is -2.30. The van der Waals surface area contributed by atoms with Crippen LogP contribution in [0.5, 0.6) is 17.2 Å². The Morgan fingerprint density at radius 2 is 1.43 bits per heavy atom. The molecule has 0 aromatic heterocycles. The van der Waals surface area contributed by atoms with Gasteiger partial charge in [-0.05, 0) is 66.0 Å². The van der Waals surface area contributed by atoms with Gasteiger partial charge in [-0.1, -0.05) is 32.0 Å². The van der Waals surface area contributed by atoms with Crippen molar-refractivity contribution in [1.29, 1.82) is 0 Å². The van der Waals surface area contributed by atoms with Crippen molar-refractivity contribution in [3.05, 3.63) is 91.0 Å². The summed E-state index contributed by atoms with van der Waals surface area (Å²) in [5.74, 6) is -0.0377. The summed E-state index contributed by atoms with van der Waals surface area (Å²) in [6.07, 6.45) is 0. The smallest absolute Gasteiger partial charge is 0.296 e. The van der Waals surface area contributed by atoms with Crippen LogP contribution in [0.15, 0.2) is 111 Å². The Balaban J connectivity index is 1.48. The Morgan fingerprint density at radius 1 is 0.755 bits per heavy atom. The van der Waals surface area contributed by atoms with E-state index in [0.29, 0.717) is 35.2 Å². The number of nitrogens with one attached hydrogen (secondary N) is 2. The molecule has 15 heteroatoms. The van der Waals surface area contributed by atoms with Crippen LogP contribution in [0.25, 0.3) is 10.8 Å².